The number of hydrogen-bond acceptors (Lipinski definition) is 5. The molecule has 0 spiro atoms. The van der Waals surface area contributed by atoms with Crippen molar-refractivity contribution in [2.45, 2.75) is 31.6 Å². The normalized spacial score (nSPS) is 25.4. The maximum absolute atomic E-state index is 10.4. The Bertz CT molecular complexity index is 512. The number of hydrogen-bond donors (Lipinski definition) is 2. The third-order valence-electron chi connectivity index (χ3n) is 3.82. The summed E-state index contributed by atoms with van der Waals surface area (Å²) < 4.78 is 10.7. The number of nitrogens with zero attached hydrogens (tertiary/aromatic N) is 1. The molecule has 108 valence electrons. The highest BCUT2D eigenvalue weighted by Gasteiger charge is 2.38. The number of ether oxygens (including phenoxy) is 2. The summed E-state index contributed by atoms with van der Waals surface area (Å²) in [5.74, 6) is 0.735. The average molecular weight is 276 g/mol. The fourth-order valence-corrected chi connectivity index (χ4v) is 2.40. The van der Waals surface area contributed by atoms with Gasteiger partial charge >= 0.3 is 0 Å². The molecule has 0 bridgehead atoms. The minimum atomic E-state index is -0.819. The van der Waals surface area contributed by atoms with Gasteiger partial charge in [0.2, 0.25) is 0 Å². The lowest BCUT2D eigenvalue weighted by molar-refractivity contribution is -0.0263. The molecule has 2 rings (SSSR count). The first-order valence-electron chi connectivity index (χ1n) is 6.71. The van der Waals surface area contributed by atoms with Crippen molar-refractivity contribution in [2.24, 2.45) is 0 Å². The molecule has 0 aliphatic carbocycles. The summed E-state index contributed by atoms with van der Waals surface area (Å²) in [5, 5.41) is 22.5. The van der Waals surface area contributed by atoms with Crippen molar-refractivity contribution in [3.8, 4) is 11.8 Å². The van der Waals surface area contributed by atoms with Crippen molar-refractivity contribution in [2.75, 3.05) is 20.3 Å². The molecule has 1 aliphatic heterocycles. The number of nitrogens with one attached hydrogen (secondary N) is 1. The molecule has 1 fully saturated rings. The van der Waals surface area contributed by atoms with E-state index in [-0.39, 0.29) is 6.10 Å². The van der Waals surface area contributed by atoms with E-state index in [4.69, 9.17) is 14.7 Å². The first-order valence-corrected chi connectivity index (χ1v) is 6.71. The van der Waals surface area contributed by atoms with Gasteiger partial charge in [0.1, 0.15) is 11.4 Å². The molecular weight excluding hydrogens is 256 g/mol. The Balaban J connectivity index is 1.98. The predicted molar refractivity (Wildman–Crippen MR) is 74.4 cm³/mol. The van der Waals surface area contributed by atoms with Gasteiger partial charge in [-0.15, -0.1) is 0 Å². The van der Waals surface area contributed by atoms with Crippen LogP contribution in [-0.2, 0) is 11.3 Å². The molecule has 0 amide bonds. The maximum Gasteiger partial charge on any atom is 0.123 e. The Morgan fingerprint density at radius 1 is 1.60 bits per heavy atom. The van der Waals surface area contributed by atoms with Gasteiger partial charge in [-0.25, -0.2) is 0 Å². The van der Waals surface area contributed by atoms with Crippen LogP contribution in [0.2, 0.25) is 0 Å². The molecule has 20 heavy (non-hydrogen) atoms. The standard InChI is InChI=1S/C15H20N2O3/c1-11-15(18,5-6-20-11)10-17-9-13-7-12(8-16)3-4-14(13)19-2/h3-4,7,11,17-18H,5-6,9-10H2,1-2H3. The minimum absolute atomic E-state index is 0.165. The maximum atomic E-state index is 10.4. The first kappa shape index (κ1) is 14.8. The summed E-state index contributed by atoms with van der Waals surface area (Å²) in [4.78, 5) is 0. The van der Waals surface area contributed by atoms with Crippen LogP contribution in [0.4, 0.5) is 0 Å². The summed E-state index contributed by atoms with van der Waals surface area (Å²) in [5.41, 5.74) is 0.681. The number of aliphatic hydroxyl groups is 1. The SMILES string of the molecule is COc1ccc(C#N)cc1CNCC1(O)CCOC1C. The molecular formula is C15H20N2O3. The number of nitriles is 1. The van der Waals surface area contributed by atoms with Gasteiger partial charge in [-0.2, -0.15) is 5.26 Å². The number of benzene rings is 1. The van der Waals surface area contributed by atoms with E-state index in [1.165, 1.54) is 0 Å². The summed E-state index contributed by atoms with van der Waals surface area (Å²) in [7, 11) is 1.60. The van der Waals surface area contributed by atoms with E-state index in [0.29, 0.717) is 31.7 Å². The molecule has 1 saturated heterocycles. The second-order valence-corrected chi connectivity index (χ2v) is 5.11. The molecule has 0 aromatic heterocycles. The van der Waals surface area contributed by atoms with Crippen molar-refractivity contribution >= 4 is 0 Å². The molecule has 0 radical (unpaired) electrons. The van der Waals surface area contributed by atoms with Crippen molar-refractivity contribution in [3.05, 3.63) is 29.3 Å². The van der Waals surface area contributed by atoms with Gasteiger partial charge in [0.15, 0.2) is 0 Å². The lowest BCUT2D eigenvalue weighted by Gasteiger charge is -2.26. The van der Waals surface area contributed by atoms with Gasteiger partial charge in [-0.05, 0) is 25.1 Å². The quantitative estimate of drug-likeness (QED) is 0.845. The van der Waals surface area contributed by atoms with Gasteiger partial charge in [-0.3, -0.25) is 0 Å². The molecule has 1 aromatic carbocycles. The molecule has 2 unspecified atom stereocenters. The highest BCUT2D eigenvalue weighted by Crippen LogP contribution is 2.25. The zero-order valence-corrected chi connectivity index (χ0v) is 11.8. The largest absolute Gasteiger partial charge is 0.496 e. The van der Waals surface area contributed by atoms with Crippen LogP contribution in [0.25, 0.3) is 0 Å². The number of methoxy groups -OCH3 is 1. The van der Waals surface area contributed by atoms with Gasteiger partial charge < -0.3 is 19.9 Å². The van der Waals surface area contributed by atoms with E-state index < -0.39 is 5.60 Å². The average Bonchev–Trinajstić information content (AvgIpc) is 2.78. The lowest BCUT2D eigenvalue weighted by Crippen LogP contribution is -2.45. The summed E-state index contributed by atoms with van der Waals surface area (Å²) in [6, 6.07) is 7.42. The Kier molecular flexibility index (Phi) is 4.61. The number of rotatable bonds is 5. The van der Waals surface area contributed by atoms with Crippen LogP contribution in [0.15, 0.2) is 18.2 Å². The van der Waals surface area contributed by atoms with Gasteiger partial charge in [0, 0.05) is 31.7 Å². The van der Waals surface area contributed by atoms with Crippen molar-refractivity contribution in [1.82, 2.24) is 5.32 Å². The van der Waals surface area contributed by atoms with Crippen LogP contribution in [0.1, 0.15) is 24.5 Å². The van der Waals surface area contributed by atoms with E-state index in [2.05, 4.69) is 11.4 Å². The zero-order valence-electron chi connectivity index (χ0n) is 11.8. The summed E-state index contributed by atoms with van der Waals surface area (Å²) >= 11 is 0. The van der Waals surface area contributed by atoms with Crippen LogP contribution >= 0.6 is 0 Å². The highest BCUT2D eigenvalue weighted by molar-refractivity contribution is 5.42. The van der Waals surface area contributed by atoms with Gasteiger partial charge in [0.25, 0.3) is 0 Å². The van der Waals surface area contributed by atoms with E-state index in [0.717, 1.165) is 11.3 Å². The van der Waals surface area contributed by atoms with Gasteiger partial charge in [0.05, 0.1) is 24.8 Å². The van der Waals surface area contributed by atoms with Crippen molar-refractivity contribution in [3.63, 3.8) is 0 Å². The Morgan fingerprint density at radius 2 is 2.40 bits per heavy atom. The predicted octanol–water partition coefficient (Wildman–Crippen LogP) is 1.20. The Morgan fingerprint density at radius 3 is 3.00 bits per heavy atom. The zero-order chi connectivity index (χ0) is 14.6. The fraction of sp³-hybridized carbons (Fsp3) is 0.533. The molecule has 2 N–H and O–H groups in total. The minimum Gasteiger partial charge on any atom is -0.496 e. The van der Waals surface area contributed by atoms with Crippen LogP contribution in [0, 0.1) is 11.3 Å². The molecule has 1 heterocycles. The highest BCUT2D eigenvalue weighted by atomic mass is 16.5. The van der Waals surface area contributed by atoms with Crippen molar-refractivity contribution in [1.29, 1.82) is 5.26 Å². The first-order chi connectivity index (χ1) is 9.59. The van der Waals surface area contributed by atoms with E-state index in [9.17, 15) is 5.11 Å². The fourth-order valence-electron chi connectivity index (χ4n) is 2.40. The smallest absolute Gasteiger partial charge is 0.123 e. The molecule has 0 saturated carbocycles. The van der Waals surface area contributed by atoms with Crippen LogP contribution in [-0.4, -0.2) is 37.1 Å². The molecule has 5 nitrogen and oxygen atoms in total. The third kappa shape index (κ3) is 3.10. The Labute approximate surface area is 119 Å². The van der Waals surface area contributed by atoms with Crippen molar-refractivity contribution < 1.29 is 14.6 Å². The second kappa shape index (κ2) is 6.23. The van der Waals surface area contributed by atoms with Crippen LogP contribution in [0.3, 0.4) is 0 Å². The van der Waals surface area contributed by atoms with Crippen LogP contribution in [0.5, 0.6) is 5.75 Å². The van der Waals surface area contributed by atoms with Crippen LogP contribution < -0.4 is 10.1 Å². The molecule has 5 heteroatoms. The van der Waals surface area contributed by atoms with Gasteiger partial charge in [-0.1, -0.05) is 0 Å². The topological polar surface area (TPSA) is 74.5 Å². The van der Waals surface area contributed by atoms with E-state index in [1.807, 2.05) is 6.92 Å². The lowest BCUT2D eigenvalue weighted by atomic mass is 9.96. The molecule has 1 aliphatic rings. The Hall–Kier alpha value is -1.61. The third-order valence-corrected chi connectivity index (χ3v) is 3.82. The molecule has 2 atom stereocenters. The van der Waals surface area contributed by atoms with E-state index in [1.54, 1.807) is 25.3 Å². The summed E-state index contributed by atoms with van der Waals surface area (Å²) in [6.07, 6.45) is 0.471. The monoisotopic (exact) mass is 276 g/mol. The second-order valence-electron chi connectivity index (χ2n) is 5.11. The van der Waals surface area contributed by atoms with E-state index >= 15 is 0 Å². The molecule has 1 aromatic rings. The summed E-state index contributed by atoms with van der Waals surface area (Å²) in [6.45, 7) is 3.46.